The fourth-order valence-electron chi connectivity index (χ4n) is 2.52. The highest BCUT2D eigenvalue weighted by atomic mass is 35.5. The number of carbonyl (C=O) groups is 1. The van der Waals surface area contributed by atoms with E-state index in [1.54, 1.807) is 0 Å². The molecule has 7 nitrogen and oxygen atoms in total. The molecule has 2 N–H and O–H groups in total. The van der Waals surface area contributed by atoms with Gasteiger partial charge in [-0.05, 0) is 44.7 Å². The molecule has 0 spiro atoms. The second kappa shape index (κ2) is 9.16. The highest BCUT2D eigenvalue weighted by molar-refractivity contribution is 7.89. The van der Waals surface area contributed by atoms with Gasteiger partial charge in [0.2, 0.25) is 15.9 Å². The summed E-state index contributed by atoms with van der Waals surface area (Å²) < 4.78 is 31.5. The molecule has 26 heavy (non-hydrogen) atoms. The predicted octanol–water partition coefficient (Wildman–Crippen LogP) is 2.36. The number of hydrogen-bond donors (Lipinski definition) is 2. The Morgan fingerprint density at radius 2 is 1.96 bits per heavy atom. The smallest absolute Gasteiger partial charge is 0.246 e. The molecule has 0 unspecified atom stereocenters. The lowest BCUT2D eigenvalue weighted by molar-refractivity contribution is -0.119. The van der Waals surface area contributed by atoms with Crippen LogP contribution in [0.2, 0.25) is 5.02 Å². The number of halogens is 1. The van der Waals surface area contributed by atoms with E-state index < -0.39 is 15.9 Å². The highest BCUT2D eigenvalue weighted by Crippen LogP contribution is 2.18. The van der Waals surface area contributed by atoms with Gasteiger partial charge in [0.15, 0.2) is 5.76 Å². The van der Waals surface area contributed by atoms with Crippen LogP contribution in [-0.4, -0.2) is 32.6 Å². The van der Waals surface area contributed by atoms with Crippen molar-refractivity contribution >= 4 is 27.5 Å². The van der Waals surface area contributed by atoms with E-state index >= 15 is 0 Å². The van der Waals surface area contributed by atoms with Gasteiger partial charge >= 0.3 is 0 Å². The van der Waals surface area contributed by atoms with Crippen LogP contribution < -0.4 is 10.0 Å². The van der Waals surface area contributed by atoms with Crippen LogP contribution in [0.5, 0.6) is 0 Å². The standard InChI is InChI=1S/C17H22ClN3O4S/c1-12-17(13(2)25-21-12)26(23,24)20-11-16(22)19-10-6-5-8-14-7-3-4-9-15(14)18/h3-4,7,9,20H,5-6,8,10-11H2,1-2H3,(H,19,22). The minimum absolute atomic E-state index is 0.0231. The van der Waals surface area contributed by atoms with Gasteiger partial charge in [-0.2, -0.15) is 0 Å². The Kier molecular flexibility index (Phi) is 7.19. The molecule has 0 aliphatic carbocycles. The van der Waals surface area contributed by atoms with Crippen LogP contribution in [0.1, 0.15) is 29.9 Å². The van der Waals surface area contributed by atoms with Gasteiger partial charge < -0.3 is 9.84 Å². The normalized spacial score (nSPS) is 11.5. The average molecular weight is 400 g/mol. The summed E-state index contributed by atoms with van der Waals surface area (Å²) in [6.07, 6.45) is 2.47. The Morgan fingerprint density at radius 1 is 1.23 bits per heavy atom. The molecule has 0 aliphatic rings. The Morgan fingerprint density at radius 3 is 2.62 bits per heavy atom. The zero-order valence-corrected chi connectivity index (χ0v) is 16.3. The molecule has 1 heterocycles. The summed E-state index contributed by atoms with van der Waals surface area (Å²) in [6, 6.07) is 7.65. The second-order valence-electron chi connectivity index (χ2n) is 5.88. The number of nitrogens with one attached hydrogen (secondary N) is 2. The van der Waals surface area contributed by atoms with Gasteiger partial charge in [0.25, 0.3) is 0 Å². The maximum absolute atomic E-state index is 12.2. The number of carbonyl (C=O) groups excluding carboxylic acids is 1. The lowest BCUT2D eigenvalue weighted by Crippen LogP contribution is -2.37. The third-order valence-electron chi connectivity index (χ3n) is 3.81. The van der Waals surface area contributed by atoms with Gasteiger partial charge in [-0.1, -0.05) is 35.0 Å². The number of amides is 1. The van der Waals surface area contributed by atoms with Crippen LogP contribution in [0.15, 0.2) is 33.7 Å². The van der Waals surface area contributed by atoms with Crippen molar-refractivity contribution in [3.8, 4) is 0 Å². The summed E-state index contributed by atoms with van der Waals surface area (Å²) in [5.41, 5.74) is 1.34. The molecule has 0 saturated carbocycles. The SMILES string of the molecule is Cc1noc(C)c1S(=O)(=O)NCC(=O)NCCCCc1ccccc1Cl. The van der Waals surface area contributed by atoms with E-state index in [2.05, 4.69) is 15.2 Å². The van der Waals surface area contributed by atoms with E-state index in [1.165, 1.54) is 13.8 Å². The Balaban J connectivity index is 1.70. The van der Waals surface area contributed by atoms with Crippen molar-refractivity contribution in [3.63, 3.8) is 0 Å². The highest BCUT2D eigenvalue weighted by Gasteiger charge is 2.24. The Hall–Kier alpha value is -1.90. The third kappa shape index (κ3) is 5.55. The first-order valence-electron chi connectivity index (χ1n) is 8.24. The monoisotopic (exact) mass is 399 g/mol. The minimum Gasteiger partial charge on any atom is -0.360 e. The molecule has 1 aromatic carbocycles. The first kappa shape index (κ1) is 20.4. The molecule has 0 atom stereocenters. The molecule has 0 radical (unpaired) electrons. The van der Waals surface area contributed by atoms with Crippen LogP contribution in [-0.2, 0) is 21.2 Å². The van der Waals surface area contributed by atoms with Crippen LogP contribution >= 0.6 is 11.6 Å². The molecular weight excluding hydrogens is 378 g/mol. The van der Waals surface area contributed by atoms with E-state index in [0.29, 0.717) is 6.54 Å². The summed E-state index contributed by atoms with van der Waals surface area (Å²) in [6.45, 7) is 3.17. The van der Waals surface area contributed by atoms with E-state index in [9.17, 15) is 13.2 Å². The lowest BCUT2D eigenvalue weighted by Gasteiger charge is -2.08. The summed E-state index contributed by atoms with van der Waals surface area (Å²) in [5.74, 6) is -0.201. The van der Waals surface area contributed by atoms with Gasteiger partial charge in [0.05, 0.1) is 6.54 Å². The number of benzene rings is 1. The van der Waals surface area contributed by atoms with Gasteiger partial charge in [-0.3, -0.25) is 4.79 Å². The molecule has 0 bridgehead atoms. The van der Waals surface area contributed by atoms with E-state index in [4.69, 9.17) is 16.1 Å². The summed E-state index contributed by atoms with van der Waals surface area (Å²) in [4.78, 5) is 11.8. The number of hydrogen-bond acceptors (Lipinski definition) is 5. The number of nitrogens with zero attached hydrogens (tertiary/aromatic N) is 1. The first-order valence-corrected chi connectivity index (χ1v) is 10.1. The average Bonchev–Trinajstić information content (AvgIpc) is 2.94. The van der Waals surface area contributed by atoms with Crippen molar-refractivity contribution in [2.24, 2.45) is 0 Å². The maximum atomic E-state index is 12.2. The minimum atomic E-state index is -3.83. The number of aromatic nitrogens is 1. The van der Waals surface area contributed by atoms with Gasteiger partial charge in [0.1, 0.15) is 10.6 Å². The molecular formula is C17H22ClN3O4S. The second-order valence-corrected chi connectivity index (χ2v) is 7.99. The Bertz CT molecular complexity index is 845. The summed E-state index contributed by atoms with van der Waals surface area (Å²) in [5, 5.41) is 7.04. The quantitative estimate of drug-likeness (QED) is 0.630. The van der Waals surface area contributed by atoms with Crippen molar-refractivity contribution in [1.82, 2.24) is 15.2 Å². The van der Waals surface area contributed by atoms with E-state index in [0.717, 1.165) is 29.8 Å². The lowest BCUT2D eigenvalue weighted by atomic mass is 10.1. The van der Waals surface area contributed by atoms with Crippen LogP contribution in [0, 0.1) is 13.8 Å². The van der Waals surface area contributed by atoms with Crippen LogP contribution in [0.3, 0.4) is 0 Å². The molecule has 0 fully saturated rings. The molecule has 2 rings (SSSR count). The predicted molar refractivity (Wildman–Crippen MR) is 98.6 cm³/mol. The van der Waals surface area contributed by atoms with Crippen molar-refractivity contribution in [2.45, 2.75) is 38.0 Å². The third-order valence-corrected chi connectivity index (χ3v) is 5.83. The first-order chi connectivity index (χ1) is 12.3. The molecule has 2 aromatic rings. The number of rotatable bonds is 9. The van der Waals surface area contributed by atoms with Crippen LogP contribution in [0.4, 0.5) is 0 Å². The van der Waals surface area contributed by atoms with E-state index in [-0.39, 0.29) is 22.9 Å². The maximum Gasteiger partial charge on any atom is 0.246 e. The van der Waals surface area contributed by atoms with Gasteiger partial charge in [0, 0.05) is 11.6 Å². The summed E-state index contributed by atoms with van der Waals surface area (Å²) >= 11 is 6.09. The van der Waals surface area contributed by atoms with E-state index in [1.807, 2.05) is 24.3 Å². The van der Waals surface area contributed by atoms with Crippen molar-refractivity contribution in [2.75, 3.05) is 13.1 Å². The molecule has 1 aromatic heterocycles. The number of unbranched alkanes of at least 4 members (excludes halogenated alkanes) is 1. The summed E-state index contributed by atoms with van der Waals surface area (Å²) in [7, 11) is -3.83. The Labute approximate surface area is 158 Å². The zero-order valence-electron chi connectivity index (χ0n) is 14.7. The fraction of sp³-hybridized carbons (Fsp3) is 0.412. The molecule has 0 saturated heterocycles. The number of sulfonamides is 1. The molecule has 0 aliphatic heterocycles. The molecule has 1 amide bonds. The topological polar surface area (TPSA) is 101 Å². The van der Waals surface area contributed by atoms with Crippen LogP contribution in [0.25, 0.3) is 0 Å². The van der Waals surface area contributed by atoms with Crippen molar-refractivity contribution in [1.29, 1.82) is 0 Å². The van der Waals surface area contributed by atoms with Gasteiger partial charge in [-0.25, -0.2) is 13.1 Å². The fourth-order valence-corrected chi connectivity index (χ4v) is 4.06. The largest absolute Gasteiger partial charge is 0.360 e. The van der Waals surface area contributed by atoms with Gasteiger partial charge in [-0.15, -0.1) is 0 Å². The number of aryl methyl sites for hydroxylation is 3. The van der Waals surface area contributed by atoms with Crippen molar-refractivity contribution < 1.29 is 17.7 Å². The van der Waals surface area contributed by atoms with Crippen molar-refractivity contribution in [3.05, 3.63) is 46.3 Å². The zero-order chi connectivity index (χ0) is 19.2. The molecule has 9 heteroatoms. The molecule has 142 valence electrons.